The molecule has 0 fully saturated rings. The molecule has 0 radical (unpaired) electrons. The number of halogens is 2. The van der Waals surface area contributed by atoms with E-state index in [9.17, 15) is 0 Å². The maximum absolute atomic E-state index is 4.73. The van der Waals surface area contributed by atoms with Crippen molar-refractivity contribution in [3.8, 4) is 0 Å². The fraction of sp³-hybridized carbons (Fsp3) is 0.0952. The number of aliphatic imine (C=N–C) groups is 2. The van der Waals surface area contributed by atoms with Crippen molar-refractivity contribution < 1.29 is 0 Å². The number of rotatable bonds is 4. The van der Waals surface area contributed by atoms with Crippen LogP contribution in [0.25, 0.3) is 0 Å². The third kappa shape index (κ3) is 4.54. The van der Waals surface area contributed by atoms with Gasteiger partial charge in [-0.3, -0.25) is 9.98 Å². The van der Waals surface area contributed by atoms with Crippen LogP contribution in [-0.2, 0) is 0 Å². The predicted molar refractivity (Wildman–Crippen MR) is 116 cm³/mol. The Labute approximate surface area is 170 Å². The van der Waals surface area contributed by atoms with Crippen molar-refractivity contribution >= 4 is 54.7 Å². The molecule has 0 saturated heterocycles. The van der Waals surface area contributed by atoms with E-state index in [1.807, 2.05) is 80.6 Å². The van der Waals surface area contributed by atoms with Crippen LogP contribution in [0.2, 0.25) is 0 Å². The van der Waals surface area contributed by atoms with E-state index < -0.39 is 0 Å². The highest BCUT2D eigenvalue weighted by Gasteiger charge is 2.06. The molecule has 1 aromatic heterocycles. The maximum Gasteiger partial charge on any atom is 0.0849 e. The first-order valence-electron chi connectivity index (χ1n) is 8.12. The van der Waals surface area contributed by atoms with Crippen LogP contribution in [0.5, 0.6) is 0 Å². The summed E-state index contributed by atoms with van der Waals surface area (Å²) in [4.78, 5) is 14.1. The van der Waals surface area contributed by atoms with E-state index in [4.69, 9.17) is 4.98 Å². The number of aromatic nitrogens is 1. The molecule has 1 heterocycles. The van der Waals surface area contributed by atoms with E-state index in [-0.39, 0.29) is 0 Å². The Kier molecular flexibility index (Phi) is 6.12. The lowest BCUT2D eigenvalue weighted by Crippen LogP contribution is -2.05. The van der Waals surface area contributed by atoms with Crippen LogP contribution in [0, 0.1) is 0 Å². The lowest BCUT2D eigenvalue weighted by atomic mass is 10.2. The molecule has 0 saturated carbocycles. The molecule has 0 aliphatic rings. The summed E-state index contributed by atoms with van der Waals surface area (Å²) in [6, 6.07) is 21.7. The maximum atomic E-state index is 4.73. The average Bonchev–Trinajstić information content (AvgIpc) is 2.65. The molecule has 2 aromatic carbocycles. The number of para-hydroxylation sites is 2. The van der Waals surface area contributed by atoms with Crippen molar-refractivity contribution in [2.45, 2.75) is 13.8 Å². The molecule has 3 aromatic rings. The average molecular weight is 471 g/mol. The minimum Gasteiger partial charge on any atom is -0.250 e. The van der Waals surface area contributed by atoms with Crippen LogP contribution in [-0.4, -0.2) is 16.4 Å². The first-order chi connectivity index (χ1) is 12.5. The van der Waals surface area contributed by atoms with Gasteiger partial charge in [-0.25, -0.2) is 4.98 Å². The van der Waals surface area contributed by atoms with Gasteiger partial charge in [-0.2, -0.15) is 0 Å². The molecule has 26 heavy (non-hydrogen) atoms. The van der Waals surface area contributed by atoms with Gasteiger partial charge in [0, 0.05) is 8.95 Å². The SMILES string of the molecule is C/C(=N\c1ccccc1Br)c1cccc(/C(C)=N/c2ccccc2Br)n1. The number of hydrogen-bond acceptors (Lipinski definition) is 3. The highest BCUT2D eigenvalue weighted by molar-refractivity contribution is 9.11. The summed E-state index contributed by atoms with van der Waals surface area (Å²) < 4.78 is 1.92. The summed E-state index contributed by atoms with van der Waals surface area (Å²) in [7, 11) is 0. The zero-order chi connectivity index (χ0) is 18.5. The van der Waals surface area contributed by atoms with Crippen LogP contribution in [0.4, 0.5) is 11.4 Å². The largest absolute Gasteiger partial charge is 0.250 e. The zero-order valence-corrected chi connectivity index (χ0v) is 17.6. The van der Waals surface area contributed by atoms with Crippen LogP contribution in [0.1, 0.15) is 25.2 Å². The Balaban J connectivity index is 1.93. The molecule has 0 aliphatic carbocycles. The van der Waals surface area contributed by atoms with E-state index >= 15 is 0 Å². The van der Waals surface area contributed by atoms with Crippen molar-refractivity contribution in [3.05, 3.63) is 87.1 Å². The van der Waals surface area contributed by atoms with E-state index in [1.54, 1.807) is 0 Å². The van der Waals surface area contributed by atoms with Crippen molar-refractivity contribution in [2.75, 3.05) is 0 Å². The second-order valence-electron chi connectivity index (χ2n) is 5.71. The lowest BCUT2D eigenvalue weighted by molar-refractivity contribution is 1.24. The second kappa shape index (κ2) is 8.52. The van der Waals surface area contributed by atoms with Gasteiger partial charge in [0.1, 0.15) is 0 Å². The van der Waals surface area contributed by atoms with Gasteiger partial charge < -0.3 is 0 Å². The quantitative estimate of drug-likeness (QED) is 0.382. The fourth-order valence-corrected chi connectivity index (χ4v) is 3.15. The van der Waals surface area contributed by atoms with Gasteiger partial charge in [-0.15, -0.1) is 0 Å². The molecule has 0 unspecified atom stereocenters. The monoisotopic (exact) mass is 469 g/mol. The Morgan fingerprint density at radius 1 is 0.654 bits per heavy atom. The molecule has 0 spiro atoms. The summed E-state index contributed by atoms with van der Waals surface area (Å²) in [6.07, 6.45) is 0. The molecule has 0 bridgehead atoms. The van der Waals surface area contributed by atoms with Gasteiger partial charge in [0.25, 0.3) is 0 Å². The third-order valence-corrected chi connectivity index (χ3v) is 5.11. The van der Waals surface area contributed by atoms with E-state index in [2.05, 4.69) is 41.8 Å². The topological polar surface area (TPSA) is 37.6 Å². The zero-order valence-electron chi connectivity index (χ0n) is 14.4. The van der Waals surface area contributed by atoms with Crippen molar-refractivity contribution in [1.29, 1.82) is 0 Å². The number of hydrogen-bond donors (Lipinski definition) is 0. The van der Waals surface area contributed by atoms with E-state index in [0.717, 1.165) is 43.1 Å². The molecule has 0 N–H and O–H groups in total. The summed E-state index contributed by atoms with van der Waals surface area (Å²) >= 11 is 7.06. The van der Waals surface area contributed by atoms with Gasteiger partial charge in [0.15, 0.2) is 0 Å². The Bertz CT molecular complexity index is 917. The van der Waals surface area contributed by atoms with Crippen LogP contribution in [0.3, 0.4) is 0 Å². The molecule has 0 aliphatic heterocycles. The van der Waals surface area contributed by atoms with Gasteiger partial charge in [0.2, 0.25) is 0 Å². The standard InChI is InChI=1S/C21H17Br2N3/c1-14(24-20-10-5-3-8-16(20)22)18-12-7-13-19(26-18)15(2)25-21-11-6-4-9-17(21)23/h3-13H,1-2H3/b24-14+,25-15+. The van der Waals surface area contributed by atoms with Gasteiger partial charge in [-0.05, 0) is 82.1 Å². The number of nitrogens with zero attached hydrogens (tertiary/aromatic N) is 3. The minimum absolute atomic E-state index is 0.833. The highest BCUT2D eigenvalue weighted by Crippen LogP contribution is 2.26. The molecule has 5 heteroatoms. The molecule has 0 amide bonds. The normalized spacial score (nSPS) is 12.3. The number of pyridine rings is 1. The van der Waals surface area contributed by atoms with E-state index in [0.29, 0.717) is 0 Å². The summed E-state index contributed by atoms with van der Waals surface area (Å²) in [5.74, 6) is 0. The smallest absolute Gasteiger partial charge is 0.0849 e. The van der Waals surface area contributed by atoms with Gasteiger partial charge in [-0.1, -0.05) is 30.3 Å². The fourth-order valence-electron chi connectivity index (χ4n) is 2.40. The second-order valence-corrected chi connectivity index (χ2v) is 7.41. The first kappa shape index (κ1) is 18.7. The van der Waals surface area contributed by atoms with Crippen LogP contribution in [0.15, 0.2) is 85.7 Å². The Morgan fingerprint density at radius 3 is 1.50 bits per heavy atom. The molecular weight excluding hydrogens is 454 g/mol. The van der Waals surface area contributed by atoms with Crippen LogP contribution >= 0.6 is 31.9 Å². The summed E-state index contributed by atoms with van der Waals surface area (Å²) in [5, 5.41) is 0. The van der Waals surface area contributed by atoms with Crippen molar-refractivity contribution in [1.82, 2.24) is 4.98 Å². The molecular formula is C21H17Br2N3. The molecule has 3 rings (SSSR count). The van der Waals surface area contributed by atoms with Crippen LogP contribution < -0.4 is 0 Å². The van der Waals surface area contributed by atoms with Crippen molar-refractivity contribution in [3.63, 3.8) is 0 Å². The first-order valence-corrected chi connectivity index (χ1v) is 9.70. The van der Waals surface area contributed by atoms with Gasteiger partial charge >= 0.3 is 0 Å². The highest BCUT2D eigenvalue weighted by atomic mass is 79.9. The lowest BCUT2D eigenvalue weighted by Gasteiger charge is -2.06. The molecule has 0 atom stereocenters. The van der Waals surface area contributed by atoms with Gasteiger partial charge in [0.05, 0.1) is 34.2 Å². The minimum atomic E-state index is 0.833. The van der Waals surface area contributed by atoms with Crippen molar-refractivity contribution in [2.24, 2.45) is 9.98 Å². The molecule has 3 nitrogen and oxygen atoms in total. The molecule has 130 valence electrons. The predicted octanol–water partition coefficient (Wildman–Crippen LogP) is 6.89. The third-order valence-electron chi connectivity index (χ3n) is 3.77. The Hall–Kier alpha value is -2.11. The summed E-state index contributed by atoms with van der Waals surface area (Å²) in [5.41, 5.74) is 5.14. The number of benzene rings is 2. The summed E-state index contributed by atoms with van der Waals surface area (Å²) in [6.45, 7) is 3.93. The Morgan fingerprint density at radius 2 is 1.08 bits per heavy atom. The van der Waals surface area contributed by atoms with E-state index in [1.165, 1.54) is 0 Å².